The van der Waals surface area contributed by atoms with Gasteiger partial charge >= 0.3 is 0 Å². The van der Waals surface area contributed by atoms with Crippen LogP contribution in [0, 0.1) is 0 Å². The lowest BCUT2D eigenvalue weighted by Crippen LogP contribution is -2.37. The van der Waals surface area contributed by atoms with Crippen molar-refractivity contribution in [1.82, 2.24) is 19.7 Å². The van der Waals surface area contributed by atoms with E-state index in [1.165, 1.54) is 6.33 Å². The summed E-state index contributed by atoms with van der Waals surface area (Å²) in [4.78, 5) is 18.1. The van der Waals surface area contributed by atoms with E-state index in [4.69, 9.17) is 4.74 Å². The molecule has 0 radical (unpaired) electrons. The van der Waals surface area contributed by atoms with E-state index < -0.39 is 0 Å². The maximum atomic E-state index is 12.4. The molecule has 2 atom stereocenters. The number of nitrogens with zero attached hydrogens (tertiary/aromatic N) is 4. The van der Waals surface area contributed by atoms with Gasteiger partial charge in [-0.3, -0.25) is 4.79 Å². The van der Waals surface area contributed by atoms with Crippen LogP contribution in [-0.2, 0) is 9.53 Å². The molecule has 0 spiro atoms. The van der Waals surface area contributed by atoms with E-state index in [2.05, 4.69) is 10.1 Å². The van der Waals surface area contributed by atoms with Crippen molar-refractivity contribution in [3.63, 3.8) is 0 Å². The van der Waals surface area contributed by atoms with Gasteiger partial charge in [0.2, 0.25) is 0 Å². The normalized spacial score (nSPS) is 19.1. The molecule has 6 nitrogen and oxygen atoms in total. The minimum absolute atomic E-state index is 0.00139. The average Bonchev–Trinajstić information content (AvgIpc) is 3.26. The molecule has 0 N–H and O–H groups in total. The van der Waals surface area contributed by atoms with Crippen molar-refractivity contribution in [3.05, 3.63) is 42.5 Å². The Morgan fingerprint density at radius 2 is 2.18 bits per heavy atom. The molecule has 2 aromatic rings. The van der Waals surface area contributed by atoms with E-state index in [0.29, 0.717) is 6.61 Å². The number of likely N-dealkylation sites (N-methyl/N-ethyl adjacent to an activating group) is 1. The molecule has 3 rings (SSSR count). The Kier molecular flexibility index (Phi) is 4.20. The molecular formula is C16H20N4O2. The molecule has 0 unspecified atom stereocenters. The Bertz CT molecular complexity index is 618. The largest absolute Gasteiger partial charge is 0.368 e. The first-order valence-electron chi connectivity index (χ1n) is 7.50. The topological polar surface area (TPSA) is 60.2 Å². The summed E-state index contributed by atoms with van der Waals surface area (Å²) in [6.45, 7) is 2.71. The fourth-order valence-electron chi connectivity index (χ4n) is 2.66. The standard InChI is InChI=1S/C16H20N4O2/c1-12(19(2)16(21)15-4-3-9-22-15)13-5-7-14(8-6-13)20-11-17-10-18-20/h5-8,10-12,15H,3-4,9H2,1-2H3/t12-,15+/m1/s1. The Labute approximate surface area is 129 Å². The number of aromatic nitrogens is 3. The minimum atomic E-state index is -0.276. The van der Waals surface area contributed by atoms with Gasteiger partial charge in [0.1, 0.15) is 18.8 Å². The molecule has 2 heterocycles. The molecule has 1 fully saturated rings. The third-order valence-corrected chi connectivity index (χ3v) is 4.19. The molecule has 1 aliphatic rings. The summed E-state index contributed by atoms with van der Waals surface area (Å²) in [7, 11) is 1.83. The van der Waals surface area contributed by atoms with Gasteiger partial charge in [0.05, 0.1) is 11.7 Å². The quantitative estimate of drug-likeness (QED) is 0.866. The third kappa shape index (κ3) is 2.87. The molecule has 22 heavy (non-hydrogen) atoms. The summed E-state index contributed by atoms with van der Waals surface area (Å²) in [6.07, 6.45) is 4.67. The molecule has 1 saturated heterocycles. The fourth-order valence-corrected chi connectivity index (χ4v) is 2.66. The molecule has 0 saturated carbocycles. The van der Waals surface area contributed by atoms with E-state index in [-0.39, 0.29) is 18.1 Å². The van der Waals surface area contributed by atoms with Gasteiger partial charge in [-0.1, -0.05) is 12.1 Å². The highest BCUT2D eigenvalue weighted by molar-refractivity contribution is 5.81. The third-order valence-electron chi connectivity index (χ3n) is 4.19. The van der Waals surface area contributed by atoms with Crippen LogP contribution < -0.4 is 0 Å². The first-order chi connectivity index (χ1) is 10.7. The van der Waals surface area contributed by atoms with Crippen molar-refractivity contribution < 1.29 is 9.53 Å². The van der Waals surface area contributed by atoms with Crippen LogP contribution in [0.1, 0.15) is 31.4 Å². The van der Waals surface area contributed by atoms with Crippen LogP contribution in [0.3, 0.4) is 0 Å². The van der Waals surface area contributed by atoms with E-state index in [1.807, 2.05) is 38.2 Å². The zero-order valence-corrected chi connectivity index (χ0v) is 12.8. The van der Waals surface area contributed by atoms with E-state index in [0.717, 1.165) is 24.1 Å². The number of hydrogen-bond acceptors (Lipinski definition) is 4. The molecule has 0 aliphatic carbocycles. The summed E-state index contributed by atoms with van der Waals surface area (Å²) in [6, 6.07) is 7.99. The highest BCUT2D eigenvalue weighted by Crippen LogP contribution is 2.23. The minimum Gasteiger partial charge on any atom is -0.368 e. The zero-order valence-electron chi connectivity index (χ0n) is 12.8. The number of benzene rings is 1. The van der Waals surface area contributed by atoms with Gasteiger partial charge in [0.25, 0.3) is 5.91 Å². The van der Waals surface area contributed by atoms with E-state index in [1.54, 1.807) is 15.9 Å². The zero-order chi connectivity index (χ0) is 15.5. The summed E-state index contributed by atoms with van der Waals surface area (Å²) in [5.74, 6) is 0.0605. The molecule has 1 aromatic carbocycles. The molecule has 1 amide bonds. The van der Waals surface area contributed by atoms with Crippen molar-refractivity contribution in [2.75, 3.05) is 13.7 Å². The smallest absolute Gasteiger partial charge is 0.251 e. The fraction of sp³-hybridized carbons (Fsp3) is 0.438. The maximum absolute atomic E-state index is 12.4. The van der Waals surface area contributed by atoms with Crippen LogP contribution in [0.2, 0.25) is 0 Å². The average molecular weight is 300 g/mol. The number of hydrogen-bond donors (Lipinski definition) is 0. The number of rotatable bonds is 4. The van der Waals surface area contributed by atoms with Crippen LogP contribution in [-0.4, -0.2) is 45.3 Å². The van der Waals surface area contributed by atoms with Crippen LogP contribution in [0.5, 0.6) is 0 Å². The lowest BCUT2D eigenvalue weighted by molar-refractivity contribution is -0.141. The first-order valence-corrected chi connectivity index (χ1v) is 7.50. The second-order valence-electron chi connectivity index (χ2n) is 5.56. The summed E-state index contributed by atoms with van der Waals surface area (Å²) in [5.41, 5.74) is 2.03. The van der Waals surface area contributed by atoms with E-state index >= 15 is 0 Å². The molecule has 1 aliphatic heterocycles. The second kappa shape index (κ2) is 6.27. The number of carbonyl (C=O) groups excluding carboxylic acids is 1. The van der Waals surface area contributed by atoms with Gasteiger partial charge in [0, 0.05) is 13.7 Å². The predicted octanol–water partition coefficient (Wildman–Crippen LogP) is 1.97. The van der Waals surface area contributed by atoms with Crippen molar-refractivity contribution in [3.8, 4) is 5.69 Å². The van der Waals surface area contributed by atoms with Gasteiger partial charge in [-0.15, -0.1) is 0 Å². The van der Waals surface area contributed by atoms with Gasteiger partial charge in [-0.05, 0) is 37.5 Å². The summed E-state index contributed by atoms with van der Waals surface area (Å²) < 4.78 is 7.18. The first kappa shape index (κ1) is 14.7. The second-order valence-corrected chi connectivity index (χ2v) is 5.56. The lowest BCUT2D eigenvalue weighted by Gasteiger charge is -2.27. The van der Waals surface area contributed by atoms with Crippen molar-refractivity contribution >= 4 is 5.91 Å². The van der Waals surface area contributed by atoms with Crippen molar-refractivity contribution in [2.45, 2.75) is 31.9 Å². The Morgan fingerprint density at radius 3 is 2.77 bits per heavy atom. The van der Waals surface area contributed by atoms with Gasteiger partial charge < -0.3 is 9.64 Å². The molecule has 0 bridgehead atoms. The van der Waals surface area contributed by atoms with Gasteiger partial charge in [-0.25, -0.2) is 9.67 Å². The molecule has 116 valence electrons. The summed E-state index contributed by atoms with van der Waals surface area (Å²) >= 11 is 0. The number of ether oxygens (including phenoxy) is 1. The summed E-state index contributed by atoms with van der Waals surface area (Å²) in [5, 5.41) is 4.10. The van der Waals surface area contributed by atoms with Crippen LogP contribution in [0.4, 0.5) is 0 Å². The number of carbonyl (C=O) groups is 1. The van der Waals surface area contributed by atoms with Crippen molar-refractivity contribution in [2.24, 2.45) is 0 Å². The van der Waals surface area contributed by atoms with E-state index in [9.17, 15) is 4.79 Å². The molecule has 1 aromatic heterocycles. The Morgan fingerprint density at radius 1 is 1.41 bits per heavy atom. The Hall–Kier alpha value is -2.21. The lowest BCUT2D eigenvalue weighted by atomic mass is 10.1. The monoisotopic (exact) mass is 300 g/mol. The van der Waals surface area contributed by atoms with Gasteiger partial charge in [0.15, 0.2) is 0 Å². The van der Waals surface area contributed by atoms with Crippen molar-refractivity contribution in [1.29, 1.82) is 0 Å². The van der Waals surface area contributed by atoms with Gasteiger partial charge in [-0.2, -0.15) is 5.10 Å². The SMILES string of the molecule is C[C@H](c1ccc(-n2cncn2)cc1)N(C)C(=O)[C@@H]1CCCO1. The van der Waals surface area contributed by atoms with Crippen LogP contribution in [0.15, 0.2) is 36.9 Å². The highest BCUT2D eigenvalue weighted by Gasteiger charge is 2.29. The van der Waals surface area contributed by atoms with Crippen LogP contribution in [0.25, 0.3) is 5.69 Å². The predicted molar refractivity (Wildman–Crippen MR) is 81.5 cm³/mol. The van der Waals surface area contributed by atoms with Crippen LogP contribution >= 0.6 is 0 Å². The Balaban J connectivity index is 1.71. The highest BCUT2D eigenvalue weighted by atomic mass is 16.5. The molecule has 6 heteroatoms. The number of amides is 1. The molecular weight excluding hydrogens is 280 g/mol. The maximum Gasteiger partial charge on any atom is 0.251 e.